The Hall–Kier alpha value is -2.28. The molecular formula is C26H34Cl2N2O8. The molecule has 1 fully saturated rings. The minimum Gasteiger partial charge on any atom is -0.473 e. The lowest BCUT2D eigenvalue weighted by Gasteiger charge is -2.36. The van der Waals surface area contributed by atoms with Crippen molar-refractivity contribution in [2.45, 2.75) is 25.4 Å². The van der Waals surface area contributed by atoms with Gasteiger partial charge in [-0.2, -0.15) is 0 Å². The standard InChI is InChI=1S/C24H32Cl2N2O4.C2H2O4/c25-21-5-1-19(2-6-21)15-31-17-23(29)13-27-9-11-28(12-10-27)14-24(30)18-32-16-20-3-7-22(26)8-4-20;3-1(4)2(5)6/h1-8,23-24,29-30H,9-18H2;(H,3,4)(H,5,6). The zero-order valence-electron chi connectivity index (χ0n) is 20.9. The third-order valence-electron chi connectivity index (χ3n) is 5.57. The molecule has 0 aliphatic carbocycles. The van der Waals surface area contributed by atoms with E-state index in [1.165, 1.54) is 0 Å². The third-order valence-corrected chi connectivity index (χ3v) is 6.07. The van der Waals surface area contributed by atoms with E-state index in [0.717, 1.165) is 37.3 Å². The van der Waals surface area contributed by atoms with Crippen molar-refractivity contribution in [2.75, 3.05) is 52.5 Å². The monoisotopic (exact) mass is 572 g/mol. The number of aliphatic carboxylic acids is 2. The topological polar surface area (TPSA) is 140 Å². The number of benzene rings is 2. The van der Waals surface area contributed by atoms with E-state index in [2.05, 4.69) is 9.80 Å². The van der Waals surface area contributed by atoms with Crippen LogP contribution in [0.4, 0.5) is 0 Å². The lowest BCUT2D eigenvalue weighted by atomic mass is 10.2. The van der Waals surface area contributed by atoms with E-state index in [1.54, 1.807) is 0 Å². The average Bonchev–Trinajstić information content (AvgIpc) is 2.88. The fraction of sp³-hybridized carbons (Fsp3) is 0.462. The largest absolute Gasteiger partial charge is 0.473 e. The van der Waals surface area contributed by atoms with Gasteiger partial charge in [0.05, 0.1) is 38.6 Å². The summed E-state index contributed by atoms with van der Waals surface area (Å²) in [5.74, 6) is -3.65. The van der Waals surface area contributed by atoms with Crippen LogP contribution in [-0.2, 0) is 32.3 Å². The van der Waals surface area contributed by atoms with Gasteiger partial charge in [-0.1, -0.05) is 47.5 Å². The molecule has 1 saturated heterocycles. The number of rotatable bonds is 12. The summed E-state index contributed by atoms with van der Waals surface area (Å²) < 4.78 is 11.3. The lowest BCUT2D eigenvalue weighted by molar-refractivity contribution is -0.159. The van der Waals surface area contributed by atoms with Gasteiger partial charge in [-0.3, -0.25) is 9.80 Å². The minimum atomic E-state index is -1.82. The van der Waals surface area contributed by atoms with Gasteiger partial charge in [0.25, 0.3) is 0 Å². The maximum absolute atomic E-state index is 10.3. The second kappa shape index (κ2) is 17.3. The fourth-order valence-electron chi connectivity index (χ4n) is 3.64. The van der Waals surface area contributed by atoms with Crippen LogP contribution in [0.15, 0.2) is 48.5 Å². The SMILES string of the molecule is O=C(O)C(=O)O.OC(COCc1ccc(Cl)cc1)CN1CCN(CC(O)COCc2ccc(Cl)cc2)CC1. The number of aliphatic hydroxyl groups is 2. The Morgan fingerprint density at radius 3 is 1.29 bits per heavy atom. The first-order valence-electron chi connectivity index (χ1n) is 12.0. The van der Waals surface area contributed by atoms with Gasteiger partial charge in [-0.15, -0.1) is 0 Å². The maximum Gasteiger partial charge on any atom is 0.414 e. The highest BCUT2D eigenvalue weighted by molar-refractivity contribution is 6.30. The predicted molar refractivity (Wildman–Crippen MR) is 142 cm³/mol. The molecule has 4 N–H and O–H groups in total. The van der Waals surface area contributed by atoms with Crippen molar-refractivity contribution in [3.8, 4) is 0 Å². The number of carbonyl (C=O) groups is 2. The van der Waals surface area contributed by atoms with Crippen LogP contribution in [0.25, 0.3) is 0 Å². The highest BCUT2D eigenvalue weighted by Gasteiger charge is 2.21. The highest BCUT2D eigenvalue weighted by Crippen LogP contribution is 2.12. The first kappa shape index (κ1) is 31.9. The second-order valence-electron chi connectivity index (χ2n) is 8.80. The van der Waals surface area contributed by atoms with Gasteiger partial charge in [0, 0.05) is 49.3 Å². The van der Waals surface area contributed by atoms with Crippen LogP contribution in [0.1, 0.15) is 11.1 Å². The number of aliphatic hydroxyl groups excluding tert-OH is 2. The van der Waals surface area contributed by atoms with Crippen molar-refractivity contribution in [3.05, 3.63) is 69.7 Å². The molecule has 0 aromatic heterocycles. The number of nitrogens with zero attached hydrogens (tertiary/aromatic N) is 2. The third kappa shape index (κ3) is 13.5. The Bertz CT molecular complexity index is 891. The molecule has 0 amide bonds. The molecule has 1 heterocycles. The minimum absolute atomic E-state index is 0.298. The zero-order chi connectivity index (χ0) is 27.9. The smallest absolute Gasteiger partial charge is 0.414 e. The van der Waals surface area contributed by atoms with Gasteiger partial charge in [-0.25, -0.2) is 9.59 Å². The Labute approximate surface area is 231 Å². The van der Waals surface area contributed by atoms with Crippen molar-refractivity contribution in [1.82, 2.24) is 9.80 Å². The van der Waals surface area contributed by atoms with E-state index in [-0.39, 0.29) is 0 Å². The quantitative estimate of drug-likeness (QED) is 0.280. The van der Waals surface area contributed by atoms with Crippen molar-refractivity contribution in [3.63, 3.8) is 0 Å². The van der Waals surface area contributed by atoms with Crippen molar-refractivity contribution in [1.29, 1.82) is 0 Å². The van der Waals surface area contributed by atoms with E-state index in [9.17, 15) is 10.2 Å². The van der Waals surface area contributed by atoms with Gasteiger partial charge in [0.1, 0.15) is 0 Å². The molecule has 2 aromatic rings. The highest BCUT2D eigenvalue weighted by atomic mass is 35.5. The molecule has 1 aliphatic heterocycles. The predicted octanol–water partition coefficient (Wildman–Crippen LogP) is 2.22. The molecule has 0 bridgehead atoms. The number of halogens is 2. The van der Waals surface area contributed by atoms with Crippen LogP contribution in [-0.4, -0.2) is 107 Å². The summed E-state index contributed by atoms with van der Waals surface area (Å²) >= 11 is 11.8. The number of piperazine rings is 1. The number of β-amino-alcohol motifs (C(OH)–C–C–N with tert-alkyl or cyclic N) is 2. The van der Waals surface area contributed by atoms with Gasteiger partial charge < -0.3 is 29.9 Å². The van der Waals surface area contributed by atoms with E-state index < -0.39 is 24.1 Å². The summed E-state index contributed by atoms with van der Waals surface area (Å²) in [6.45, 7) is 6.10. The van der Waals surface area contributed by atoms with Crippen LogP contribution < -0.4 is 0 Å². The summed E-state index contributed by atoms with van der Waals surface area (Å²) in [4.78, 5) is 22.7. The van der Waals surface area contributed by atoms with Crippen LogP contribution >= 0.6 is 23.2 Å². The van der Waals surface area contributed by atoms with Crippen LogP contribution in [0.2, 0.25) is 10.0 Å². The van der Waals surface area contributed by atoms with E-state index in [0.29, 0.717) is 49.6 Å². The molecule has 2 aromatic carbocycles. The molecule has 3 rings (SSSR count). The molecule has 38 heavy (non-hydrogen) atoms. The van der Waals surface area contributed by atoms with Gasteiger partial charge >= 0.3 is 11.9 Å². The normalized spacial score (nSPS) is 15.8. The molecule has 2 unspecified atom stereocenters. The molecule has 2 atom stereocenters. The van der Waals surface area contributed by atoms with Gasteiger partial charge in [0.2, 0.25) is 0 Å². The number of carboxylic acids is 2. The molecule has 0 saturated carbocycles. The van der Waals surface area contributed by atoms with Crippen molar-refractivity contribution in [2.24, 2.45) is 0 Å². The Morgan fingerprint density at radius 2 is 1.00 bits per heavy atom. The summed E-state index contributed by atoms with van der Waals surface area (Å²) in [6, 6.07) is 15.0. The van der Waals surface area contributed by atoms with Crippen molar-refractivity contribution < 1.29 is 39.5 Å². The molecule has 12 heteroatoms. The first-order valence-corrected chi connectivity index (χ1v) is 12.8. The number of hydrogen-bond donors (Lipinski definition) is 4. The Kier molecular flexibility index (Phi) is 14.6. The summed E-state index contributed by atoms with van der Waals surface area (Å²) in [5.41, 5.74) is 2.07. The molecule has 1 aliphatic rings. The average molecular weight is 573 g/mol. The summed E-state index contributed by atoms with van der Waals surface area (Å²) in [6.07, 6.45) is -1.05. The molecule has 10 nitrogen and oxygen atoms in total. The van der Waals surface area contributed by atoms with Gasteiger partial charge in [-0.05, 0) is 35.4 Å². The number of carboxylic acid groups (broad SMARTS) is 2. The Balaban J connectivity index is 0.000000757. The number of hydrogen-bond acceptors (Lipinski definition) is 8. The molecular weight excluding hydrogens is 539 g/mol. The molecule has 0 spiro atoms. The van der Waals surface area contributed by atoms with Crippen molar-refractivity contribution >= 4 is 35.1 Å². The Morgan fingerprint density at radius 1 is 0.684 bits per heavy atom. The van der Waals surface area contributed by atoms with Gasteiger partial charge in [0.15, 0.2) is 0 Å². The first-order chi connectivity index (χ1) is 18.1. The van der Waals surface area contributed by atoms with Crippen LogP contribution in [0.3, 0.4) is 0 Å². The summed E-state index contributed by atoms with van der Waals surface area (Å²) in [5, 5.41) is 36.7. The zero-order valence-corrected chi connectivity index (χ0v) is 22.4. The second-order valence-corrected chi connectivity index (χ2v) is 9.68. The summed E-state index contributed by atoms with van der Waals surface area (Å²) in [7, 11) is 0. The lowest BCUT2D eigenvalue weighted by Crippen LogP contribution is -2.51. The van der Waals surface area contributed by atoms with Crippen LogP contribution in [0, 0.1) is 0 Å². The van der Waals surface area contributed by atoms with E-state index >= 15 is 0 Å². The maximum atomic E-state index is 10.3. The van der Waals surface area contributed by atoms with E-state index in [1.807, 2.05) is 48.5 Å². The van der Waals surface area contributed by atoms with Crippen LogP contribution in [0.5, 0.6) is 0 Å². The molecule has 210 valence electrons. The fourth-order valence-corrected chi connectivity index (χ4v) is 3.89. The number of ether oxygens (including phenoxy) is 2. The van der Waals surface area contributed by atoms with E-state index in [4.69, 9.17) is 52.5 Å². The molecule has 0 radical (unpaired) electrons.